The fourth-order valence-corrected chi connectivity index (χ4v) is 0.507. The van der Waals surface area contributed by atoms with Gasteiger partial charge in [-0.15, -0.1) is 0 Å². The molecular weight excluding hydrogens is 108 g/mol. The molecular formula is C9H14. The van der Waals surface area contributed by atoms with Crippen molar-refractivity contribution in [3.63, 3.8) is 0 Å². The van der Waals surface area contributed by atoms with E-state index in [4.69, 9.17) is 0 Å². The lowest BCUT2D eigenvalue weighted by atomic mass is 10.3. The van der Waals surface area contributed by atoms with Crippen LogP contribution in [0, 0.1) is 13.8 Å². The first kappa shape index (κ1) is 8.48. The van der Waals surface area contributed by atoms with Crippen molar-refractivity contribution in [2.75, 3.05) is 0 Å². The van der Waals surface area contributed by atoms with Gasteiger partial charge in [-0.2, -0.15) is 0 Å². The zero-order valence-electron chi connectivity index (χ0n) is 5.84. The molecule has 0 heterocycles. The van der Waals surface area contributed by atoms with Crippen LogP contribution >= 0.6 is 0 Å². The Balaban J connectivity index is 3.04. The van der Waals surface area contributed by atoms with E-state index in [0.29, 0.717) is 0 Å². The SMILES string of the molecule is [CH2]/C=C/C/C=C/CC[CH2]. The highest BCUT2D eigenvalue weighted by atomic mass is 13.8. The Morgan fingerprint density at radius 1 is 1.11 bits per heavy atom. The van der Waals surface area contributed by atoms with Crippen LogP contribution in [0.3, 0.4) is 0 Å². The molecule has 0 rings (SSSR count). The van der Waals surface area contributed by atoms with Gasteiger partial charge in [0.1, 0.15) is 0 Å². The van der Waals surface area contributed by atoms with Gasteiger partial charge in [-0.25, -0.2) is 0 Å². The second kappa shape index (κ2) is 7.48. The van der Waals surface area contributed by atoms with Gasteiger partial charge < -0.3 is 0 Å². The fraction of sp³-hybridized carbons (Fsp3) is 0.333. The van der Waals surface area contributed by atoms with E-state index < -0.39 is 0 Å². The van der Waals surface area contributed by atoms with Gasteiger partial charge in [0.15, 0.2) is 0 Å². The van der Waals surface area contributed by atoms with Gasteiger partial charge in [-0.05, 0) is 26.2 Å². The largest absolute Gasteiger partial charge is 0.0882 e. The van der Waals surface area contributed by atoms with Crippen LogP contribution in [0.4, 0.5) is 0 Å². The van der Waals surface area contributed by atoms with Crippen LogP contribution < -0.4 is 0 Å². The van der Waals surface area contributed by atoms with Crippen LogP contribution in [0.2, 0.25) is 0 Å². The summed E-state index contributed by atoms with van der Waals surface area (Å²) < 4.78 is 0. The Morgan fingerprint density at radius 3 is 2.44 bits per heavy atom. The first-order chi connectivity index (χ1) is 4.41. The lowest BCUT2D eigenvalue weighted by Crippen LogP contribution is -1.61. The molecule has 2 radical (unpaired) electrons. The molecule has 0 bridgehead atoms. The quantitative estimate of drug-likeness (QED) is 0.503. The zero-order valence-corrected chi connectivity index (χ0v) is 5.84. The highest BCUT2D eigenvalue weighted by molar-refractivity contribution is 4.93. The predicted molar refractivity (Wildman–Crippen MR) is 42.8 cm³/mol. The lowest BCUT2D eigenvalue weighted by Gasteiger charge is -1.81. The second-order valence-electron chi connectivity index (χ2n) is 1.82. The molecule has 0 saturated carbocycles. The van der Waals surface area contributed by atoms with Crippen LogP contribution in [-0.2, 0) is 0 Å². The molecule has 0 N–H and O–H groups in total. The van der Waals surface area contributed by atoms with Gasteiger partial charge in [-0.1, -0.05) is 31.2 Å². The van der Waals surface area contributed by atoms with E-state index in [9.17, 15) is 0 Å². The third-order valence-corrected chi connectivity index (χ3v) is 0.976. The molecule has 0 aromatic rings. The van der Waals surface area contributed by atoms with Crippen molar-refractivity contribution in [1.29, 1.82) is 0 Å². The molecule has 0 atom stereocenters. The molecule has 0 fully saturated rings. The maximum atomic E-state index is 3.72. The highest BCUT2D eigenvalue weighted by Gasteiger charge is 1.70. The fourth-order valence-electron chi connectivity index (χ4n) is 0.507. The van der Waals surface area contributed by atoms with Crippen molar-refractivity contribution >= 4 is 0 Å². The standard InChI is InChI=1S/C9H14/c1-3-5-7-9-8-6-4-2/h3,5,8-9H,1-2,4,6-7H2/b5-3+,9-8+. The van der Waals surface area contributed by atoms with E-state index >= 15 is 0 Å². The van der Waals surface area contributed by atoms with Crippen LogP contribution in [0.1, 0.15) is 19.3 Å². The van der Waals surface area contributed by atoms with E-state index in [-0.39, 0.29) is 0 Å². The number of hydrogen-bond acceptors (Lipinski definition) is 0. The third-order valence-electron chi connectivity index (χ3n) is 0.976. The predicted octanol–water partition coefficient (Wildman–Crippen LogP) is 2.94. The lowest BCUT2D eigenvalue weighted by molar-refractivity contribution is 1.04. The Kier molecular flexibility index (Phi) is 7.05. The Labute approximate surface area is 58.3 Å². The molecule has 0 unspecified atom stereocenters. The van der Waals surface area contributed by atoms with E-state index in [2.05, 4.69) is 26.0 Å². The highest BCUT2D eigenvalue weighted by Crippen LogP contribution is 1.91. The van der Waals surface area contributed by atoms with Gasteiger partial charge >= 0.3 is 0 Å². The topological polar surface area (TPSA) is 0 Å². The number of hydrogen-bond donors (Lipinski definition) is 0. The van der Waals surface area contributed by atoms with Crippen molar-refractivity contribution in [1.82, 2.24) is 0 Å². The molecule has 0 nitrogen and oxygen atoms in total. The van der Waals surface area contributed by atoms with Crippen LogP contribution in [-0.4, -0.2) is 0 Å². The van der Waals surface area contributed by atoms with Gasteiger partial charge in [0.2, 0.25) is 0 Å². The number of unbranched alkanes of at least 4 members (excludes halogenated alkanes) is 1. The summed E-state index contributed by atoms with van der Waals surface area (Å²) in [7, 11) is 0. The molecule has 0 aromatic heterocycles. The van der Waals surface area contributed by atoms with Crippen molar-refractivity contribution in [2.45, 2.75) is 19.3 Å². The molecule has 0 amide bonds. The van der Waals surface area contributed by atoms with Crippen LogP contribution in [0.15, 0.2) is 24.3 Å². The Morgan fingerprint density at radius 2 is 1.89 bits per heavy atom. The summed E-state index contributed by atoms with van der Waals surface area (Å²) in [6, 6.07) is 0. The average Bonchev–Trinajstić information content (AvgIpc) is 1.89. The van der Waals surface area contributed by atoms with E-state index in [1.165, 1.54) is 0 Å². The third kappa shape index (κ3) is 7.48. The summed E-state index contributed by atoms with van der Waals surface area (Å²) in [5.41, 5.74) is 0. The van der Waals surface area contributed by atoms with E-state index in [1.807, 2.05) is 12.2 Å². The average molecular weight is 122 g/mol. The molecule has 0 aromatic carbocycles. The van der Waals surface area contributed by atoms with Gasteiger partial charge in [0.25, 0.3) is 0 Å². The van der Waals surface area contributed by atoms with Gasteiger partial charge in [0, 0.05) is 0 Å². The molecule has 0 aliphatic carbocycles. The summed E-state index contributed by atoms with van der Waals surface area (Å²) in [4.78, 5) is 0. The monoisotopic (exact) mass is 122 g/mol. The summed E-state index contributed by atoms with van der Waals surface area (Å²) in [6.45, 7) is 7.30. The van der Waals surface area contributed by atoms with Crippen molar-refractivity contribution in [3.05, 3.63) is 38.2 Å². The Bertz CT molecular complexity index is 88.2. The smallest absolute Gasteiger partial charge is 0.0169 e. The summed E-state index contributed by atoms with van der Waals surface area (Å²) in [5.74, 6) is 0. The zero-order chi connectivity index (χ0) is 6.95. The van der Waals surface area contributed by atoms with Crippen molar-refractivity contribution < 1.29 is 0 Å². The second-order valence-corrected chi connectivity index (χ2v) is 1.82. The molecule has 9 heavy (non-hydrogen) atoms. The molecule has 0 aliphatic rings. The minimum Gasteiger partial charge on any atom is -0.0882 e. The summed E-state index contributed by atoms with van der Waals surface area (Å²) in [5, 5.41) is 0. The molecule has 0 aliphatic heterocycles. The van der Waals surface area contributed by atoms with E-state index in [0.717, 1.165) is 19.3 Å². The molecule has 50 valence electrons. The van der Waals surface area contributed by atoms with Gasteiger partial charge in [-0.3, -0.25) is 0 Å². The van der Waals surface area contributed by atoms with E-state index in [1.54, 1.807) is 0 Å². The van der Waals surface area contributed by atoms with Crippen molar-refractivity contribution in [3.8, 4) is 0 Å². The van der Waals surface area contributed by atoms with Crippen LogP contribution in [0.25, 0.3) is 0 Å². The summed E-state index contributed by atoms with van der Waals surface area (Å²) in [6.07, 6.45) is 11.2. The van der Waals surface area contributed by atoms with Crippen molar-refractivity contribution in [2.24, 2.45) is 0 Å². The maximum Gasteiger partial charge on any atom is -0.0169 e. The first-order valence-electron chi connectivity index (χ1n) is 3.30. The van der Waals surface area contributed by atoms with Gasteiger partial charge in [0.05, 0.1) is 0 Å². The molecule has 0 spiro atoms. The molecule has 0 heteroatoms. The van der Waals surface area contributed by atoms with Crippen LogP contribution in [0.5, 0.6) is 0 Å². The molecule has 0 saturated heterocycles. The normalized spacial score (nSPS) is 11.8. The first-order valence-corrected chi connectivity index (χ1v) is 3.30. The minimum atomic E-state index is 0.991. The number of allylic oxidation sites excluding steroid dienone is 4. The maximum absolute atomic E-state index is 3.72. The summed E-state index contributed by atoms with van der Waals surface area (Å²) >= 11 is 0. The number of rotatable bonds is 4. The Hall–Kier alpha value is -0.520. The minimum absolute atomic E-state index is 0.991.